The predicted octanol–water partition coefficient (Wildman–Crippen LogP) is 3.41. The standard InChI is InChI=1S/C9H13F7O/c1-2-6(11)5-7(17,9(14,15)16)8(12,13)3-4-10/h6,17H,2-5H2,1H3. The fourth-order valence-corrected chi connectivity index (χ4v) is 1.26. The van der Waals surface area contributed by atoms with Gasteiger partial charge in [0.1, 0.15) is 6.17 Å². The molecule has 0 aromatic heterocycles. The van der Waals surface area contributed by atoms with Crippen LogP contribution in [0, 0.1) is 0 Å². The highest BCUT2D eigenvalue weighted by atomic mass is 19.4. The Kier molecular flexibility index (Phi) is 5.24. The summed E-state index contributed by atoms with van der Waals surface area (Å²) in [4.78, 5) is 0. The Morgan fingerprint density at radius 1 is 1.12 bits per heavy atom. The number of aliphatic hydroxyl groups is 1. The molecule has 1 N–H and O–H groups in total. The van der Waals surface area contributed by atoms with Gasteiger partial charge in [0.2, 0.25) is 5.60 Å². The van der Waals surface area contributed by atoms with Crippen molar-refractivity contribution in [2.75, 3.05) is 6.67 Å². The van der Waals surface area contributed by atoms with Crippen LogP contribution >= 0.6 is 0 Å². The summed E-state index contributed by atoms with van der Waals surface area (Å²) in [5.41, 5.74) is -4.54. The average Bonchev–Trinajstić information content (AvgIpc) is 2.15. The maximum atomic E-state index is 13.1. The van der Waals surface area contributed by atoms with Crippen molar-refractivity contribution in [2.24, 2.45) is 0 Å². The van der Waals surface area contributed by atoms with Crippen LogP contribution in [0.1, 0.15) is 26.2 Å². The van der Waals surface area contributed by atoms with Gasteiger partial charge in [-0.15, -0.1) is 0 Å². The summed E-state index contributed by atoms with van der Waals surface area (Å²) in [6, 6.07) is 0. The van der Waals surface area contributed by atoms with Crippen LogP contribution in [-0.4, -0.2) is 35.7 Å². The zero-order valence-corrected chi connectivity index (χ0v) is 9.00. The zero-order chi connectivity index (χ0) is 13.9. The second-order valence-corrected chi connectivity index (χ2v) is 3.71. The summed E-state index contributed by atoms with van der Waals surface area (Å²) in [5, 5.41) is 9.03. The van der Waals surface area contributed by atoms with Crippen LogP contribution < -0.4 is 0 Å². The van der Waals surface area contributed by atoms with Gasteiger partial charge in [-0.2, -0.15) is 13.2 Å². The number of hydrogen-bond acceptors (Lipinski definition) is 1. The van der Waals surface area contributed by atoms with Crippen LogP contribution in [0.25, 0.3) is 0 Å². The lowest BCUT2D eigenvalue weighted by molar-refractivity contribution is -0.338. The second-order valence-electron chi connectivity index (χ2n) is 3.71. The van der Waals surface area contributed by atoms with Crippen molar-refractivity contribution >= 4 is 0 Å². The molecule has 0 aliphatic rings. The molecule has 0 heterocycles. The highest BCUT2D eigenvalue weighted by molar-refractivity contribution is 5.00. The molecule has 17 heavy (non-hydrogen) atoms. The molecule has 0 saturated carbocycles. The van der Waals surface area contributed by atoms with Gasteiger partial charge in [0.25, 0.3) is 5.92 Å². The Hall–Kier alpha value is -0.530. The first-order chi connectivity index (χ1) is 7.52. The van der Waals surface area contributed by atoms with Crippen LogP contribution in [-0.2, 0) is 0 Å². The first-order valence-corrected chi connectivity index (χ1v) is 4.88. The number of alkyl halides is 7. The molecule has 8 heteroatoms. The van der Waals surface area contributed by atoms with E-state index in [1.54, 1.807) is 0 Å². The molecule has 2 unspecified atom stereocenters. The van der Waals surface area contributed by atoms with E-state index in [4.69, 9.17) is 5.11 Å². The number of hydrogen-bond donors (Lipinski definition) is 1. The lowest BCUT2D eigenvalue weighted by Crippen LogP contribution is -2.60. The van der Waals surface area contributed by atoms with Crippen LogP contribution in [0.4, 0.5) is 30.7 Å². The van der Waals surface area contributed by atoms with E-state index in [0.29, 0.717) is 0 Å². The molecule has 0 saturated heterocycles. The molecule has 0 fully saturated rings. The van der Waals surface area contributed by atoms with Crippen LogP contribution in [0.5, 0.6) is 0 Å². The summed E-state index contributed by atoms with van der Waals surface area (Å²) in [6.45, 7) is -0.594. The summed E-state index contributed by atoms with van der Waals surface area (Å²) < 4.78 is 88.0. The van der Waals surface area contributed by atoms with E-state index >= 15 is 0 Å². The molecule has 1 nitrogen and oxygen atoms in total. The summed E-state index contributed by atoms with van der Waals surface area (Å²) >= 11 is 0. The van der Waals surface area contributed by atoms with Crippen molar-refractivity contribution in [3.8, 4) is 0 Å². The fraction of sp³-hybridized carbons (Fsp3) is 1.00. The van der Waals surface area contributed by atoms with Crippen molar-refractivity contribution in [3.63, 3.8) is 0 Å². The molecule has 0 amide bonds. The minimum atomic E-state index is -5.73. The van der Waals surface area contributed by atoms with Gasteiger partial charge in [0.05, 0.1) is 6.67 Å². The summed E-state index contributed by atoms with van der Waals surface area (Å²) in [6.07, 6.45) is -12.0. The maximum Gasteiger partial charge on any atom is 0.423 e. The van der Waals surface area contributed by atoms with Gasteiger partial charge in [-0.1, -0.05) is 6.92 Å². The molecule has 0 radical (unpaired) electrons. The van der Waals surface area contributed by atoms with Gasteiger partial charge in [-0.25, -0.2) is 13.2 Å². The van der Waals surface area contributed by atoms with Crippen LogP contribution in [0.15, 0.2) is 0 Å². The van der Waals surface area contributed by atoms with Crippen LogP contribution in [0.3, 0.4) is 0 Å². The monoisotopic (exact) mass is 270 g/mol. The molecular formula is C9H13F7O. The van der Waals surface area contributed by atoms with E-state index in [2.05, 4.69) is 0 Å². The molecule has 2 atom stereocenters. The van der Waals surface area contributed by atoms with E-state index in [1.165, 1.54) is 0 Å². The topological polar surface area (TPSA) is 20.2 Å². The smallest absolute Gasteiger partial charge is 0.376 e. The van der Waals surface area contributed by atoms with E-state index < -0.39 is 49.8 Å². The Bertz CT molecular complexity index is 240. The predicted molar refractivity (Wildman–Crippen MR) is 46.3 cm³/mol. The molecule has 0 aromatic carbocycles. The molecule has 0 aromatic rings. The van der Waals surface area contributed by atoms with Gasteiger partial charge < -0.3 is 5.11 Å². The van der Waals surface area contributed by atoms with E-state index in [-0.39, 0.29) is 0 Å². The molecule has 0 bridgehead atoms. The van der Waals surface area contributed by atoms with Gasteiger partial charge in [0, 0.05) is 12.8 Å². The van der Waals surface area contributed by atoms with Gasteiger partial charge in [-0.05, 0) is 6.42 Å². The average molecular weight is 270 g/mol. The first-order valence-electron chi connectivity index (χ1n) is 4.88. The van der Waals surface area contributed by atoms with Crippen molar-refractivity contribution in [1.82, 2.24) is 0 Å². The largest absolute Gasteiger partial charge is 0.423 e. The fourth-order valence-electron chi connectivity index (χ4n) is 1.26. The first kappa shape index (κ1) is 16.5. The third kappa shape index (κ3) is 3.46. The minimum Gasteiger partial charge on any atom is -0.376 e. The lowest BCUT2D eigenvalue weighted by Gasteiger charge is -2.37. The quantitative estimate of drug-likeness (QED) is 0.733. The minimum absolute atomic E-state index is 0.454. The van der Waals surface area contributed by atoms with Crippen molar-refractivity contribution < 1.29 is 35.8 Å². The van der Waals surface area contributed by atoms with Crippen molar-refractivity contribution in [1.29, 1.82) is 0 Å². The van der Waals surface area contributed by atoms with Crippen LogP contribution in [0.2, 0.25) is 0 Å². The Balaban J connectivity index is 5.25. The Labute approximate surface area is 93.6 Å². The summed E-state index contributed by atoms with van der Waals surface area (Å²) in [7, 11) is 0. The molecule has 0 rings (SSSR count). The van der Waals surface area contributed by atoms with Crippen molar-refractivity contribution in [2.45, 2.75) is 50.1 Å². The maximum absolute atomic E-state index is 13.1. The normalized spacial score (nSPS) is 18.9. The van der Waals surface area contributed by atoms with Crippen molar-refractivity contribution in [3.05, 3.63) is 0 Å². The second kappa shape index (κ2) is 5.41. The van der Waals surface area contributed by atoms with E-state index in [1.807, 2.05) is 0 Å². The van der Waals surface area contributed by atoms with Gasteiger partial charge in [0.15, 0.2) is 0 Å². The lowest BCUT2D eigenvalue weighted by atomic mass is 9.86. The third-order valence-electron chi connectivity index (χ3n) is 2.44. The molecule has 0 spiro atoms. The third-order valence-corrected chi connectivity index (χ3v) is 2.44. The number of halogens is 7. The SMILES string of the molecule is CCC(F)CC(O)(C(F)(F)F)C(F)(F)CCF. The van der Waals surface area contributed by atoms with E-state index in [0.717, 1.165) is 6.92 Å². The molecular weight excluding hydrogens is 257 g/mol. The Morgan fingerprint density at radius 2 is 1.59 bits per heavy atom. The highest BCUT2D eigenvalue weighted by Gasteiger charge is 2.68. The van der Waals surface area contributed by atoms with Gasteiger partial charge >= 0.3 is 6.18 Å². The number of rotatable bonds is 6. The Morgan fingerprint density at radius 3 is 1.88 bits per heavy atom. The summed E-state index contributed by atoms with van der Waals surface area (Å²) in [5.74, 6) is -4.76. The van der Waals surface area contributed by atoms with E-state index in [9.17, 15) is 30.7 Å². The molecule has 0 aliphatic heterocycles. The zero-order valence-electron chi connectivity index (χ0n) is 9.00. The molecule has 104 valence electrons. The molecule has 0 aliphatic carbocycles. The van der Waals surface area contributed by atoms with Gasteiger partial charge in [-0.3, -0.25) is 4.39 Å². The highest BCUT2D eigenvalue weighted by Crippen LogP contribution is 2.47.